The van der Waals surface area contributed by atoms with E-state index in [4.69, 9.17) is 4.74 Å². The lowest BCUT2D eigenvalue weighted by atomic mass is 9.69. The van der Waals surface area contributed by atoms with E-state index < -0.39 is 10.0 Å². The molecular weight excluding hydrogens is 364 g/mol. The second-order valence-electron chi connectivity index (χ2n) is 8.30. The summed E-state index contributed by atoms with van der Waals surface area (Å²) in [6.45, 7) is 5.99. The van der Waals surface area contributed by atoms with Gasteiger partial charge in [-0.2, -0.15) is 4.31 Å². The summed E-state index contributed by atoms with van der Waals surface area (Å²) in [6, 6.07) is 5.46. The van der Waals surface area contributed by atoms with Crippen LogP contribution < -0.4 is 4.74 Å². The van der Waals surface area contributed by atoms with Crippen molar-refractivity contribution in [2.45, 2.75) is 50.0 Å². The van der Waals surface area contributed by atoms with E-state index in [1.165, 1.54) is 7.11 Å². The third-order valence-corrected chi connectivity index (χ3v) is 8.33. The summed E-state index contributed by atoms with van der Waals surface area (Å²) in [5, 5.41) is 10.1. The topological polar surface area (TPSA) is 70.1 Å². The van der Waals surface area contributed by atoms with Crippen molar-refractivity contribution in [3.63, 3.8) is 0 Å². The largest absolute Gasteiger partial charge is 0.495 e. The molecule has 0 aromatic heterocycles. The van der Waals surface area contributed by atoms with Crippen molar-refractivity contribution in [1.82, 2.24) is 9.21 Å². The van der Waals surface area contributed by atoms with E-state index in [0.29, 0.717) is 25.3 Å². The molecule has 27 heavy (non-hydrogen) atoms. The summed E-state index contributed by atoms with van der Waals surface area (Å²) in [6.07, 6.45) is 2.69. The molecule has 2 aliphatic rings. The Morgan fingerprint density at radius 3 is 2.67 bits per heavy atom. The number of aliphatic hydroxyl groups excluding tert-OH is 1. The number of sulfonamides is 1. The van der Waals surface area contributed by atoms with E-state index in [2.05, 4.69) is 4.90 Å². The molecule has 2 fully saturated rings. The summed E-state index contributed by atoms with van der Waals surface area (Å²) in [7, 11) is -0.132. The van der Waals surface area contributed by atoms with Gasteiger partial charge in [-0.25, -0.2) is 8.42 Å². The molecule has 0 spiro atoms. The van der Waals surface area contributed by atoms with Crippen molar-refractivity contribution >= 4 is 10.0 Å². The average molecular weight is 397 g/mol. The molecule has 0 radical (unpaired) electrons. The maximum Gasteiger partial charge on any atom is 0.246 e. The van der Waals surface area contributed by atoms with Crippen LogP contribution in [0, 0.1) is 5.41 Å². The third kappa shape index (κ3) is 3.62. The molecule has 0 saturated carbocycles. The Labute approximate surface area is 163 Å². The second kappa shape index (κ2) is 7.70. The van der Waals surface area contributed by atoms with E-state index in [0.717, 1.165) is 24.9 Å². The minimum Gasteiger partial charge on any atom is -0.495 e. The van der Waals surface area contributed by atoms with E-state index >= 15 is 0 Å². The first-order valence-electron chi connectivity index (χ1n) is 9.74. The summed E-state index contributed by atoms with van der Waals surface area (Å²) in [4.78, 5) is 2.45. The first-order chi connectivity index (χ1) is 12.7. The van der Waals surface area contributed by atoms with E-state index in [1.807, 2.05) is 27.0 Å². The summed E-state index contributed by atoms with van der Waals surface area (Å²) in [5.74, 6) is 0.619. The van der Waals surface area contributed by atoms with Gasteiger partial charge in [0.05, 0.1) is 13.7 Å². The van der Waals surface area contributed by atoms with Gasteiger partial charge in [0.2, 0.25) is 10.0 Å². The van der Waals surface area contributed by atoms with Crippen molar-refractivity contribution in [2.75, 3.05) is 40.4 Å². The highest BCUT2D eigenvalue weighted by molar-refractivity contribution is 7.89. The Kier molecular flexibility index (Phi) is 5.87. The van der Waals surface area contributed by atoms with Crippen molar-refractivity contribution < 1.29 is 18.3 Å². The number of fused-ring (bicyclic) bond motifs is 1. The molecule has 6 nitrogen and oxygen atoms in total. The number of piperidine rings is 2. The number of nitrogens with zero attached hydrogens (tertiary/aromatic N) is 2. The molecule has 1 N–H and O–H groups in total. The minimum atomic E-state index is -3.67. The highest BCUT2D eigenvalue weighted by atomic mass is 32.2. The molecule has 0 unspecified atom stereocenters. The van der Waals surface area contributed by atoms with Crippen LogP contribution in [0.3, 0.4) is 0 Å². The van der Waals surface area contributed by atoms with Crippen LogP contribution in [-0.4, -0.2) is 69.2 Å². The molecule has 1 aromatic rings. The van der Waals surface area contributed by atoms with Crippen LogP contribution in [0.1, 0.15) is 44.6 Å². The second-order valence-corrected chi connectivity index (χ2v) is 10.2. The number of likely N-dealkylation sites (tertiary alicyclic amines) is 1. The SMILES string of the molecule is COc1ccc(C(C)C)cc1S(=O)(=O)N1CC[C@@]2(CO)CCCN(C)[C@@H]2C1. The smallest absolute Gasteiger partial charge is 0.246 e. The van der Waals surface area contributed by atoms with Gasteiger partial charge in [-0.1, -0.05) is 19.9 Å². The molecule has 2 aliphatic heterocycles. The predicted molar refractivity (Wildman–Crippen MR) is 106 cm³/mol. The van der Waals surface area contributed by atoms with Gasteiger partial charge in [-0.15, -0.1) is 0 Å². The van der Waals surface area contributed by atoms with Gasteiger partial charge in [-0.3, -0.25) is 0 Å². The first-order valence-corrected chi connectivity index (χ1v) is 11.2. The van der Waals surface area contributed by atoms with Gasteiger partial charge in [-0.05, 0) is 56.5 Å². The Hall–Kier alpha value is -1.15. The summed E-state index contributed by atoms with van der Waals surface area (Å²) >= 11 is 0. The quantitative estimate of drug-likeness (QED) is 0.827. The van der Waals surface area contributed by atoms with E-state index in [9.17, 15) is 13.5 Å². The van der Waals surface area contributed by atoms with Gasteiger partial charge in [0.25, 0.3) is 0 Å². The zero-order valence-electron chi connectivity index (χ0n) is 16.8. The molecule has 0 aliphatic carbocycles. The van der Waals surface area contributed by atoms with Crippen molar-refractivity contribution in [2.24, 2.45) is 5.41 Å². The highest BCUT2D eigenvalue weighted by Crippen LogP contribution is 2.43. The fourth-order valence-corrected chi connectivity index (χ4v) is 6.24. The van der Waals surface area contributed by atoms with Crippen LogP contribution in [0.4, 0.5) is 0 Å². The van der Waals surface area contributed by atoms with Gasteiger partial charge in [0, 0.05) is 24.5 Å². The lowest BCUT2D eigenvalue weighted by molar-refractivity contribution is -0.0508. The lowest BCUT2D eigenvalue weighted by Crippen LogP contribution is -2.62. The molecule has 2 saturated heterocycles. The molecule has 7 heteroatoms. The van der Waals surface area contributed by atoms with Gasteiger partial charge in [0.15, 0.2) is 0 Å². The Morgan fingerprint density at radius 2 is 2.04 bits per heavy atom. The zero-order chi connectivity index (χ0) is 19.8. The minimum absolute atomic E-state index is 0.0408. The molecule has 0 bridgehead atoms. The zero-order valence-corrected chi connectivity index (χ0v) is 17.6. The van der Waals surface area contributed by atoms with Crippen molar-refractivity contribution in [3.8, 4) is 5.75 Å². The summed E-state index contributed by atoms with van der Waals surface area (Å²) in [5.41, 5.74) is 0.786. The van der Waals surface area contributed by atoms with Crippen LogP contribution in [0.25, 0.3) is 0 Å². The number of benzene rings is 1. The van der Waals surface area contributed by atoms with Crippen LogP contribution in [-0.2, 0) is 10.0 Å². The fraction of sp³-hybridized carbons (Fsp3) is 0.700. The molecule has 1 aromatic carbocycles. The maximum absolute atomic E-state index is 13.5. The van der Waals surface area contributed by atoms with E-state index in [-0.39, 0.29) is 28.9 Å². The Balaban J connectivity index is 1.95. The van der Waals surface area contributed by atoms with Gasteiger partial charge < -0.3 is 14.7 Å². The number of likely N-dealkylation sites (N-methyl/N-ethyl adjacent to an activating group) is 1. The Morgan fingerprint density at radius 1 is 1.30 bits per heavy atom. The van der Waals surface area contributed by atoms with Crippen LogP contribution in [0.2, 0.25) is 0 Å². The van der Waals surface area contributed by atoms with Gasteiger partial charge in [0.1, 0.15) is 10.6 Å². The number of ether oxygens (including phenoxy) is 1. The number of rotatable bonds is 5. The highest BCUT2D eigenvalue weighted by Gasteiger charge is 2.49. The molecule has 152 valence electrons. The number of aliphatic hydroxyl groups is 1. The Bertz CT molecular complexity index is 780. The lowest BCUT2D eigenvalue weighted by Gasteiger charge is -2.53. The van der Waals surface area contributed by atoms with Gasteiger partial charge >= 0.3 is 0 Å². The third-order valence-electron chi connectivity index (χ3n) is 6.45. The van der Waals surface area contributed by atoms with Crippen LogP contribution in [0.15, 0.2) is 23.1 Å². The normalized spacial score (nSPS) is 27.6. The molecule has 2 atom stereocenters. The molecule has 0 amide bonds. The molecule has 3 rings (SSSR count). The van der Waals surface area contributed by atoms with E-state index in [1.54, 1.807) is 16.4 Å². The summed E-state index contributed by atoms with van der Waals surface area (Å²) < 4.78 is 33.9. The number of methoxy groups -OCH3 is 1. The molecular formula is C20H32N2O4S. The van der Waals surface area contributed by atoms with Crippen LogP contribution in [0.5, 0.6) is 5.75 Å². The van der Waals surface area contributed by atoms with Crippen LogP contribution >= 0.6 is 0 Å². The predicted octanol–water partition coefficient (Wildman–Crippen LogP) is 2.29. The number of hydrogen-bond donors (Lipinski definition) is 1. The van der Waals surface area contributed by atoms with Crippen molar-refractivity contribution in [3.05, 3.63) is 23.8 Å². The maximum atomic E-state index is 13.5. The fourth-order valence-electron chi connectivity index (χ4n) is 4.60. The molecule has 2 heterocycles. The monoisotopic (exact) mass is 396 g/mol. The first kappa shape index (κ1) is 20.6. The average Bonchev–Trinajstić information content (AvgIpc) is 2.67. The van der Waals surface area contributed by atoms with Crippen molar-refractivity contribution in [1.29, 1.82) is 0 Å². The standard InChI is InChI=1S/C20H32N2O4S/c1-15(2)16-6-7-17(26-4)18(12-16)27(24,25)22-11-9-20(14-23)8-5-10-21(3)19(20)13-22/h6-7,12,15,19,23H,5,8-11,13-14H2,1-4H3/t19-,20-/m1/s1. The number of hydrogen-bond acceptors (Lipinski definition) is 5.